The third-order valence-electron chi connectivity index (χ3n) is 6.07. The summed E-state index contributed by atoms with van der Waals surface area (Å²) in [6.07, 6.45) is 0.721. The summed E-state index contributed by atoms with van der Waals surface area (Å²) in [4.78, 5) is 18.6. The van der Waals surface area contributed by atoms with E-state index in [0.29, 0.717) is 13.1 Å². The zero-order chi connectivity index (χ0) is 22.1. The van der Waals surface area contributed by atoms with Crippen LogP contribution < -0.4 is 10.1 Å². The van der Waals surface area contributed by atoms with E-state index in [4.69, 9.17) is 4.74 Å². The molecule has 0 fully saturated rings. The van der Waals surface area contributed by atoms with E-state index in [0.717, 1.165) is 39.9 Å². The molecule has 4 aromatic rings. The predicted molar refractivity (Wildman–Crippen MR) is 122 cm³/mol. The van der Waals surface area contributed by atoms with Crippen molar-refractivity contribution in [3.05, 3.63) is 101 Å². The second kappa shape index (κ2) is 8.38. The number of hydrogen-bond donors (Lipinski definition) is 2. The summed E-state index contributed by atoms with van der Waals surface area (Å²) in [5.41, 5.74) is 5.02. The maximum absolute atomic E-state index is 13.7. The van der Waals surface area contributed by atoms with Crippen molar-refractivity contribution in [3.8, 4) is 5.75 Å². The fraction of sp³-hybridized carbons (Fsp3) is 0.192. The Bertz CT molecular complexity index is 1250. The molecule has 3 aromatic carbocycles. The Balaban J connectivity index is 1.53. The number of carbonyl (C=O) groups is 1. The zero-order valence-electron chi connectivity index (χ0n) is 17.8. The first kappa shape index (κ1) is 20.1. The van der Waals surface area contributed by atoms with Crippen molar-refractivity contribution in [2.45, 2.75) is 19.0 Å². The molecule has 1 aliphatic heterocycles. The molecule has 5 rings (SSSR count). The molecular formula is C26H24FN3O2. The van der Waals surface area contributed by atoms with Gasteiger partial charge in [-0.05, 0) is 53.4 Å². The molecule has 1 atom stereocenters. The van der Waals surface area contributed by atoms with E-state index in [9.17, 15) is 9.18 Å². The Kier molecular flexibility index (Phi) is 5.27. The Morgan fingerprint density at radius 2 is 1.91 bits per heavy atom. The summed E-state index contributed by atoms with van der Waals surface area (Å²) in [5, 5.41) is 4.13. The largest absolute Gasteiger partial charge is 0.497 e. The highest BCUT2D eigenvalue weighted by Gasteiger charge is 2.34. The summed E-state index contributed by atoms with van der Waals surface area (Å²) in [7, 11) is 1.65. The van der Waals surface area contributed by atoms with Crippen molar-refractivity contribution in [1.82, 2.24) is 15.2 Å². The molecule has 0 spiro atoms. The highest BCUT2D eigenvalue weighted by atomic mass is 19.1. The lowest BCUT2D eigenvalue weighted by Gasteiger charge is -2.36. The molecule has 1 aromatic heterocycles. The first-order chi connectivity index (χ1) is 15.6. The quantitative estimate of drug-likeness (QED) is 0.470. The number of rotatable bonds is 4. The average molecular weight is 429 g/mol. The van der Waals surface area contributed by atoms with Crippen molar-refractivity contribution in [1.29, 1.82) is 0 Å². The first-order valence-electron chi connectivity index (χ1n) is 10.7. The standard InChI is InChI=1S/C26H24FN3O2/c1-32-20-11-12-23-22(15-20)21-13-14-30(26(31)28-16-17-5-3-2-4-6-17)25(24(21)29-23)18-7-9-19(27)10-8-18/h2-12,15,25,29H,13-14,16H2,1H3,(H,28,31)/t25-/m0/s1. The molecule has 5 nitrogen and oxygen atoms in total. The number of nitrogens with one attached hydrogen (secondary N) is 2. The molecule has 0 saturated carbocycles. The van der Waals surface area contributed by atoms with Crippen molar-refractivity contribution >= 4 is 16.9 Å². The number of aromatic nitrogens is 1. The van der Waals surface area contributed by atoms with Crippen LogP contribution in [0.3, 0.4) is 0 Å². The Hall–Kier alpha value is -3.80. The van der Waals surface area contributed by atoms with Gasteiger partial charge in [0.05, 0.1) is 13.2 Å². The van der Waals surface area contributed by atoms with Gasteiger partial charge in [-0.3, -0.25) is 0 Å². The van der Waals surface area contributed by atoms with Crippen molar-refractivity contribution in [2.75, 3.05) is 13.7 Å². The van der Waals surface area contributed by atoms with Crippen LogP contribution >= 0.6 is 0 Å². The molecule has 0 aliphatic carbocycles. The van der Waals surface area contributed by atoms with Gasteiger partial charge in [-0.2, -0.15) is 0 Å². The monoisotopic (exact) mass is 429 g/mol. The van der Waals surface area contributed by atoms with Crippen LogP contribution in [0.1, 0.15) is 28.4 Å². The molecular weight excluding hydrogens is 405 g/mol. The van der Waals surface area contributed by atoms with E-state index in [2.05, 4.69) is 10.3 Å². The van der Waals surface area contributed by atoms with Crippen LogP contribution in [-0.4, -0.2) is 29.6 Å². The normalized spacial score (nSPS) is 15.4. The predicted octanol–water partition coefficient (Wildman–Crippen LogP) is 5.17. The van der Waals surface area contributed by atoms with Gasteiger partial charge in [0.2, 0.25) is 0 Å². The SMILES string of the molecule is COc1ccc2[nH]c3c(c2c1)CCN(C(=O)NCc1ccccc1)[C@H]3c1ccc(F)cc1. The van der Waals surface area contributed by atoms with E-state index >= 15 is 0 Å². The molecule has 0 bridgehead atoms. The van der Waals surface area contributed by atoms with Gasteiger partial charge in [0.15, 0.2) is 0 Å². The molecule has 2 amide bonds. The minimum atomic E-state index is -0.339. The van der Waals surface area contributed by atoms with E-state index in [1.165, 1.54) is 17.7 Å². The number of hydrogen-bond acceptors (Lipinski definition) is 2. The fourth-order valence-corrected chi connectivity index (χ4v) is 4.48. The van der Waals surface area contributed by atoms with Gasteiger partial charge in [-0.25, -0.2) is 9.18 Å². The Morgan fingerprint density at radius 1 is 1.12 bits per heavy atom. The maximum Gasteiger partial charge on any atom is 0.318 e. The minimum absolute atomic E-state index is 0.148. The number of methoxy groups -OCH3 is 1. The summed E-state index contributed by atoms with van der Waals surface area (Å²) in [5.74, 6) is 0.493. The molecule has 2 N–H and O–H groups in total. The lowest BCUT2D eigenvalue weighted by molar-refractivity contribution is 0.179. The van der Waals surface area contributed by atoms with Gasteiger partial charge in [-0.15, -0.1) is 0 Å². The second-order valence-electron chi connectivity index (χ2n) is 7.97. The lowest BCUT2D eigenvalue weighted by Crippen LogP contribution is -2.45. The summed E-state index contributed by atoms with van der Waals surface area (Å²) < 4.78 is 19.1. The van der Waals surface area contributed by atoms with Crippen LogP contribution in [-0.2, 0) is 13.0 Å². The number of H-pyrrole nitrogens is 1. The molecule has 162 valence electrons. The third kappa shape index (κ3) is 3.68. The number of urea groups is 1. The van der Waals surface area contributed by atoms with E-state index < -0.39 is 0 Å². The Labute approximate surface area is 185 Å². The first-order valence-corrected chi connectivity index (χ1v) is 10.7. The Morgan fingerprint density at radius 3 is 2.66 bits per heavy atom. The molecule has 6 heteroatoms. The number of nitrogens with zero attached hydrogens (tertiary/aromatic N) is 1. The number of benzene rings is 3. The number of fused-ring (bicyclic) bond motifs is 3. The van der Waals surface area contributed by atoms with Gasteiger partial charge < -0.3 is 19.9 Å². The topological polar surface area (TPSA) is 57.4 Å². The van der Waals surface area contributed by atoms with Gasteiger partial charge in [0.25, 0.3) is 0 Å². The van der Waals surface area contributed by atoms with Crippen LogP contribution in [0.15, 0.2) is 72.8 Å². The number of aromatic amines is 1. The number of ether oxygens (including phenoxy) is 1. The molecule has 0 saturated heterocycles. The fourth-order valence-electron chi connectivity index (χ4n) is 4.48. The van der Waals surface area contributed by atoms with Crippen molar-refractivity contribution < 1.29 is 13.9 Å². The second-order valence-corrected chi connectivity index (χ2v) is 7.97. The zero-order valence-corrected chi connectivity index (χ0v) is 17.8. The molecule has 1 aliphatic rings. The third-order valence-corrected chi connectivity index (χ3v) is 6.07. The lowest BCUT2D eigenvalue weighted by atomic mass is 9.92. The van der Waals surface area contributed by atoms with Gasteiger partial charge in [-0.1, -0.05) is 42.5 Å². The van der Waals surface area contributed by atoms with Crippen LogP contribution in [0, 0.1) is 5.82 Å². The number of carbonyl (C=O) groups excluding carboxylic acids is 1. The highest BCUT2D eigenvalue weighted by molar-refractivity contribution is 5.87. The van der Waals surface area contributed by atoms with Crippen LogP contribution in [0.5, 0.6) is 5.75 Å². The number of halogens is 1. The summed E-state index contributed by atoms with van der Waals surface area (Å²) >= 11 is 0. The number of amides is 2. The van der Waals surface area contributed by atoms with E-state index in [-0.39, 0.29) is 17.9 Å². The smallest absolute Gasteiger partial charge is 0.318 e. The van der Waals surface area contributed by atoms with Crippen LogP contribution in [0.25, 0.3) is 10.9 Å². The average Bonchev–Trinajstić information content (AvgIpc) is 3.21. The van der Waals surface area contributed by atoms with Crippen LogP contribution in [0.2, 0.25) is 0 Å². The summed E-state index contributed by atoms with van der Waals surface area (Å²) in [6.45, 7) is 1.00. The minimum Gasteiger partial charge on any atom is -0.497 e. The molecule has 32 heavy (non-hydrogen) atoms. The highest BCUT2D eigenvalue weighted by Crippen LogP contribution is 2.39. The molecule has 2 heterocycles. The maximum atomic E-state index is 13.7. The van der Waals surface area contributed by atoms with Gasteiger partial charge in [0.1, 0.15) is 11.6 Å². The summed E-state index contributed by atoms with van der Waals surface area (Å²) in [6, 6.07) is 21.7. The van der Waals surface area contributed by atoms with E-state index in [1.54, 1.807) is 19.2 Å². The van der Waals surface area contributed by atoms with Gasteiger partial charge in [0, 0.05) is 29.7 Å². The van der Waals surface area contributed by atoms with Crippen LogP contribution in [0.4, 0.5) is 9.18 Å². The van der Waals surface area contributed by atoms with Gasteiger partial charge >= 0.3 is 6.03 Å². The molecule has 0 radical (unpaired) electrons. The molecule has 0 unspecified atom stereocenters. The van der Waals surface area contributed by atoms with Crippen molar-refractivity contribution in [2.24, 2.45) is 0 Å². The van der Waals surface area contributed by atoms with E-state index in [1.807, 2.05) is 53.4 Å². The van der Waals surface area contributed by atoms with Crippen molar-refractivity contribution in [3.63, 3.8) is 0 Å².